The van der Waals surface area contributed by atoms with E-state index in [9.17, 15) is 13.2 Å². The smallest absolute Gasteiger partial charge is 0.246 e. The van der Waals surface area contributed by atoms with E-state index in [2.05, 4.69) is 9.71 Å². The van der Waals surface area contributed by atoms with Gasteiger partial charge in [0.25, 0.3) is 0 Å². The van der Waals surface area contributed by atoms with Gasteiger partial charge in [-0.2, -0.15) is 0 Å². The molecule has 2 aromatic rings. The van der Waals surface area contributed by atoms with Crippen molar-refractivity contribution in [2.24, 2.45) is 0 Å². The third-order valence-corrected chi connectivity index (χ3v) is 6.47. The van der Waals surface area contributed by atoms with E-state index in [0.29, 0.717) is 42.0 Å². The lowest BCUT2D eigenvalue weighted by molar-refractivity contribution is -0.126. The molecule has 1 aliphatic rings. The van der Waals surface area contributed by atoms with Crippen LogP contribution in [0, 0.1) is 0 Å². The minimum absolute atomic E-state index is 0.105. The van der Waals surface area contributed by atoms with E-state index in [0.717, 1.165) is 5.56 Å². The Kier molecular flexibility index (Phi) is 6.79. The zero-order valence-corrected chi connectivity index (χ0v) is 18.0. The number of nitrogens with zero attached hydrogens (tertiary/aromatic N) is 3. The molecule has 0 aliphatic carbocycles. The number of piperazine rings is 1. The Morgan fingerprint density at radius 2 is 1.79 bits per heavy atom. The number of halogens is 2. The van der Waals surface area contributed by atoms with Gasteiger partial charge in [-0.25, -0.2) is 18.1 Å². The van der Waals surface area contributed by atoms with Gasteiger partial charge >= 0.3 is 0 Å². The second kappa shape index (κ2) is 9.13. The van der Waals surface area contributed by atoms with Gasteiger partial charge in [-0.05, 0) is 36.9 Å². The summed E-state index contributed by atoms with van der Waals surface area (Å²) in [5, 5.41) is 0.968. The molecule has 1 aromatic carbocycles. The first kappa shape index (κ1) is 21.6. The highest BCUT2D eigenvalue weighted by molar-refractivity contribution is 7.89. The van der Waals surface area contributed by atoms with Crippen molar-refractivity contribution in [2.75, 3.05) is 38.1 Å². The fourth-order valence-electron chi connectivity index (χ4n) is 2.93. The molecule has 1 saturated heterocycles. The van der Waals surface area contributed by atoms with E-state index in [1.807, 2.05) is 4.90 Å². The first-order chi connectivity index (χ1) is 13.8. The molecule has 1 fully saturated rings. The summed E-state index contributed by atoms with van der Waals surface area (Å²) in [4.78, 5) is 20.7. The third-order valence-electron chi connectivity index (χ3n) is 4.56. The molecule has 29 heavy (non-hydrogen) atoms. The average Bonchev–Trinajstić information content (AvgIpc) is 2.72. The molecule has 1 amide bonds. The van der Waals surface area contributed by atoms with Gasteiger partial charge in [0.15, 0.2) is 0 Å². The molecule has 1 N–H and O–H groups in total. The number of hydrogen-bond acceptors (Lipinski definition) is 5. The lowest BCUT2D eigenvalue weighted by atomic mass is 10.2. The first-order valence-electron chi connectivity index (χ1n) is 8.87. The maximum atomic E-state index is 12.5. The fourth-order valence-corrected chi connectivity index (χ4v) is 4.16. The van der Waals surface area contributed by atoms with E-state index in [4.69, 9.17) is 23.2 Å². The molecule has 1 aromatic heterocycles. The maximum Gasteiger partial charge on any atom is 0.246 e. The summed E-state index contributed by atoms with van der Waals surface area (Å²) in [7, 11) is -2.11. The van der Waals surface area contributed by atoms with Crippen LogP contribution < -0.4 is 9.62 Å². The molecule has 2 heterocycles. The van der Waals surface area contributed by atoms with Crippen LogP contribution >= 0.6 is 23.2 Å². The predicted octanol–water partition coefficient (Wildman–Crippen LogP) is 2.66. The van der Waals surface area contributed by atoms with Crippen LogP contribution in [0.15, 0.2) is 47.5 Å². The van der Waals surface area contributed by atoms with Gasteiger partial charge in [-0.15, -0.1) is 0 Å². The molecular weight excluding hydrogens is 435 g/mol. The van der Waals surface area contributed by atoms with Crippen LogP contribution in [0.1, 0.15) is 5.56 Å². The second-order valence-corrected chi connectivity index (χ2v) is 9.11. The Hall–Kier alpha value is -2.13. The molecular formula is C19H20Cl2N4O3S. The van der Waals surface area contributed by atoms with E-state index < -0.39 is 10.0 Å². The fraction of sp³-hybridized carbons (Fsp3) is 0.263. The molecule has 0 unspecified atom stereocenters. The summed E-state index contributed by atoms with van der Waals surface area (Å²) in [5.41, 5.74) is 0.740. The molecule has 3 rings (SSSR count). The number of pyridine rings is 1. The summed E-state index contributed by atoms with van der Waals surface area (Å²) in [6, 6.07) is 7.95. The summed E-state index contributed by atoms with van der Waals surface area (Å²) in [6.07, 6.45) is 4.71. The molecule has 0 radical (unpaired) electrons. The predicted molar refractivity (Wildman–Crippen MR) is 115 cm³/mol. The van der Waals surface area contributed by atoms with Crippen molar-refractivity contribution in [3.05, 3.63) is 58.2 Å². The number of aromatic nitrogens is 1. The Morgan fingerprint density at radius 1 is 1.14 bits per heavy atom. The largest absolute Gasteiger partial charge is 0.352 e. The van der Waals surface area contributed by atoms with E-state index >= 15 is 0 Å². The normalized spacial score (nSPS) is 15.1. The minimum Gasteiger partial charge on any atom is -0.352 e. The van der Waals surface area contributed by atoms with Crippen LogP contribution in [-0.2, 0) is 14.8 Å². The zero-order chi connectivity index (χ0) is 21.0. The average molecular weight is 455 g/mol. The topological polar surface area (TPSA) is 82.6 Å². The molecule has 0 spiro atoms. The third kappa shape index (κ3) is 5.27. The summed E-state index contributed by atoms with van der Waals surface area (Å²) < 4.78 is 25.7. The molecule has 10 heteroatoms. The van der Waals surface area contributed by atoms with Gasteiger partial charge in [0.1, 0.15) is 5.82 Å². The van der Waals surface area contributed by atoms with Crippen molar-refractivity contribution >= 4 is 51.0 Å². The number of sulfonamides is 1. The van der Waals surface area contributed by atoms with Crippen LogP contribution in [0.5, 0.6) is 0 Å². The summed E-state index contributed by atoms with van der Waals surface area (Å²) >= 11 is 12.1. The second-order valence-electron chi connectivity index (χ2n) is 6.38. The number of rotatable bonds is 5. The Bertz CT molecular complexity index is 1020. The van der Waals surface area contributed by atoms with Crippen molar-refractivity contribution < 1.29 is 13.2 Å². The van der Waals surface area contributed by atoms with E-state index in [-0.39, 0.29) is 10.8 Å². The number of carbonyl (C=O) groups excluding carboxylic acids is 1. The Morgan fingerprint density at radius 3 is 2.38 bits per heavy atom. The lowest BCUT2D eigenvalue weighted by Gasteiger charge is -2.35. The highest BCUT2D eigenvalue weighted by Gasteiger charge is 2.22. The number of benzene rings is 1. The van der Waals surface area contributed by atoms with E-state index in [1.165, 1.54) is 25.3 Å². The zero-order valence-electron chi connectivity index (χ0n) is 15.7. The highest BCUT2D eigenvalue weighted by atomic mass is 35.5. The van der Waals surface area contributed by atoms with Crippen LogP contribution in [0.2, 0.25) is 10.0 Å². The number of anilines is 1. The van der Waals surface area contributed by atoms with Crippen LogP contribution in [0.25, 0.3) is 6.08 Å². The Labute approximate surface area is 180 Å². The molecule has 0 atom stereocenters. The number of amides is 1. The van der Waals surface area contributed by atoms with Gasteiger partial charge in [0.05, 0.1) is 14.9 Å². The van der Waals surface area contributed by atoms with Gasteiger partial charge in [-0.1, -0.05) is 35.3 Å². The van der Waals surface area contributed by atoms with Crippen LogP contribution in [0.3, 0.4) is 0 Å². The van der Waals surface area contributed by atoms with Gasteiger partial charge in [-0.3, -0.25) is 4.79 Å². The molecule has 154 valence electrons. The SMILES string of the molecule is CNS(=O)(=O)c1ccc(/C=C/C(=O)N2CCN(c3ncc(Cl)cc3Cl)CC2)cc1. The van der Waals surface area contributed by atoms with Crippen molar-refractivity contribution in [1.29, 1.82) is 0 Å². The van der Waals surface area contributed by atoms with Crippen LogP contribution in [-0.4, -0.2) is 57.4 Å². The van der Waals surface area contributed by atoms with Crippen molar-refractivity contribution in [3.8, 4) is 0 Å². The quantitative estimate of drug-likeness (QED) is 0.702. The van der Waals surface area contributed by atoms with E-state index in [1.54, 1.807) is 35.4 Å². The van der Waals surface area contributed by atoms with Crippen molar-refractivity contribution in [2.45, 2.75) is 4.90 Å². The monoisotopic (exact) mass is 454 g/mol. The Balaban J connectivity index is 1.58. The molecule has 0 saturated carbocycles. The minimum atomic E-state index is -3.47. The summed E-state index contributed by atoms with van der Waals surface area (Å²) in [6.45, 7) is 2.32. The van der Waals surface area contributed by atoms with Gasteiger partial charge < -0.3 is 9.80 Å². The molecule has 7 nitrogen and oxygen atoms in total. The lowest BCUT2D eigenvalue weighted by Crippen LogP contribution is -2.48. The number of hydrogen-bond donors (Lipinski definition) is 1. The first-order valence-corrected chi connectivity index (χ1v) is 11.1. The number of nitrogens with one attached hydrogen (secondary N) is 1. The van der Waals surface area contributed by atoms with Gasteiger partial charge in [0.2, 0.25) is 15.9 Å². The standard InChI is InChI=1S/C19H20Cl2N4O3S/c1-22-29(27,28)16-5-2-14(3-6-16)4-7-18(26)24-8-10-25(11-9-24)19-17(21)12-15(20)13-23-19/h2-7,12-13,22H,8-11H2,1H3/b7-4+. The van der Waals surface area contributed by atoms with Crippen molar-refractivity contribution in [3.63, 3.8) is 0 Å². The van der Waals surface area contributed by atoms with Crippen molar-refractivity contribution in [1.82, 2.24) is 14.6 Å². The van der Waals surface area contributed by atoms with Crippen LogP contribution in [0.4, 0.5) is 5.82 Å². The molecule has 0 bridgehead atoms. The summed E-state index contributed by atoms with van der Waals surface area (Å²) in [5.74, 6) is 0.557. The maximum absolute atomic E-state index is 12.5. The number of carbonyl (C=O) groups is 1. The highest BCUT2D eigenvalue weighted by Crippen LogP contribution is 2.26. The van der Waals surface area contributed by atoms with Gasteiger partial charge in [0, 0.05) is 38.5 Å². The molecule has 1 aliphatic heterocycles.